The molecule has 1 aliphatic heterocycles. The molecule has 48 heavy (non-hydrogen) atoms. The zero-order valence-electron chi connectivity index (χ0n) is 26.4. The van der Waals surface area contributed by atoms with Crippen LogP contribution in [0.25, 0.3) is 11.3 Å². The van der Waals surface area contributed by atoms with Crippen LogP contribution in [-0.2, 0) is 15.7 Å². The number of hydrogen-bond donors (Lipinski definition) is 2. The van der Waals surface area contributed by atoms with Crippen molar-refractivity contribution in [3.8, 4) is 11.3 Å². The number of piperidine rings is 1. The zero-order valence-corrected chi connectivity index (χ0v) is 26.4. The fourth-order valence-electron chi connectivity index (χ4n) is 5.84. The molecule has 13 heteroatoms. The molecule has 3 amide bonds. The molecule has 4 aromatic rings. The number of amides is 3. The van der Waals surface area contributed by atoms with Gasteiger partial charge in [0.2, 0.25) is 5.91 Å². The lowest BCUT2D eigenvalue weighted by Crippen LogP contribution is -2.46. The van der Waals surface area contributed by atoms with Crippen molar-refractivity contribution in [2.24, 2.45) is 0 Å². The van der Waals surface area contributed by atoms with Gasteiger partial charge in [0, 0.05) is 44.3 Å². The van der Waals surface area contributed by atoms with Crippen molar-refractivity contribution in [3.05, 3.63) is 112 Å². The number of alkyl halides is 3. The highest BCUT2D eigenvalue weighted by atomic mass is 19.4. The van der Waals surface area contributed by atoms with Crippen LogP contribution in [0.1, 0.15) is 68.0 Å². The van der Waals surface area contributed by atoms with Crippen molar-refractivity contribution in [3.63, 3.8) is 0 Å². The first kappa shape index (κ1) is 34.3. The fraction of sp³-hybridized carbons (Fsp3) is 0.314. The maximum atomic E-state index is 13.9. The number of carbonyl (C=O) groups excluding carboxylic acids is 3. The molecule has 0 bridgehead atoms. The molecule has 0 spiro atoms. The Morgan fingerprint density at radius 3 is 2.40 bits per heavy atom. The van der Waals surface area contributed by atoms with E-state index in [1.54, 1.807) is 43.2 Å². The molecular weight excluding hydrogens is 632 g/mol. The van der Waals surface area contributed by atoms with Crippen LogP contribution in [-0.4, -0.2) is 61.1 Å². The predicted molar refractivity (Wildman–Crippen MR) is 167 cm³/mol. The molecule has 3 aromatic carbocycles. The van der Waals surface area contributed by atoms with Crippen LogP contribution in [0.2, 0.25) is 0 Å². The lowest BCUT2D eigenvalue weighted by Gasteiger charge is -2.37. The number of aromatic nitrogens is 1. The molecule has 2 heterocycles. The van der Waals surface area contributed by atoms with Crippen molar-refractivity contribution < 1.29 is 41.2 Å². The maximum absolute atomic E-state index is 13.9. The number of hydrogen-bond acceptors (Lipinski definition) is 6. The SMILES string of the molecule is CNC(=O)CC(NC(=O)c1ccc(C2CC(OC)CN(C(=O)c3c(-c4ccc(F)cc4)noc3C)C2)cc1)c1cccc(C(F)(F)F)c1. The monoisotopic (exact) mass is 666 g/mol. The summed E-state index contributed by atoms with van der Waals surface area (Å²) >= 11 is 0. The molecule has 1 aromatic heterocycles. The normalized spacial score (nSPS) is 17.1. The zero-order chi connectivity index (χ0) is 34.6. The topological polar surface area (TPSA) is 114 Å². The van der Waals surface area contributed by atoms with E-state index < -0.39 is 35.4 Å². The second kappa shape index (κ2) is 14.4. The van der Waals surface area contributed by atoms with Gasteiger partial charge in [-0.1, -0.05) is 29.4 Å². The van der Waals surface area contributed by atoms with Crippen LogP contribution >= 0.6 is 0 Å². The van der Waals surface area contributed by atoms with Crippen LogP contribution in [0.4, 0.5) is 17.6 Å². The van der Waals surface area contributed by atoms with Gasteiger partial charge >= 0.3 is 6.18 Å². The molecule has 3 unspecified atom stereocenters. The van der Waals surface area contributed by atoms with E-state index >= 15 is 0 Å². The summed E-state index contributed by atoms with van der Waals surface area (Å²) in [6.45, 7) is 2.29. The Hall–Kier alpha value is -5.04. The molecule has 0 aliphatic carbocycles. The van der Waals surface area contributed by atoms with Gasteiger partial charge in [-0.25, -0.2) is 4.39 Å². The molecule has 3 atom stereocenters. The van der Waals surface area contributed by atoms with Gasteiger partial charge in [-0.05, 0) is 73.0 Å². The van der Waals surface area contributed by atoms with E-state index in [1.165, 1.54) is 43.4 Å². The van der Waals surface area contributed by atoms with E-state index in [2.05, 4.69) is 15.8 Å². The highest BCUT2D eigenvalue weighted by molar-refractivity contribution is 6.01. The van der Waals surface area contributed by atoms with Crippen LogP contribution in [0, 0.1) is 12.7 Å². The number of rotatable bonds is 9. The van der Waals surface area contributed by atoms with Gasteiger partial charge in [0.25, 0.3) is 11.8 Å². The molecule has 0 saturated carbocycles. The minimum Gasteiger partial charge on any atom is -0.380 e. The number of benzene rings is 3. The summed E-state index contributed by atoms with van der Waals surface area (Å²) in [6, 6.07) is 15.8. The molecule has 9 nitrogen and oxygen atoms in total. The Morgan fingerprint density at radius 1 is 1.04 bits per heavy atom. The van der Waals surface area contributed by atoms with Gasteiger partial charge in [-0.2, -0.15) is 13.2 Å². The van der Waals surface area contributed by atoms with Crippen molar-refractivity contribution in [1.82, 2.24) is 20.7 Å². The largest absolute Gasteiger partial charge is 0.416 e. The molecule has 1 saturated heterocycles. The first-order valence-corrected chi connectivity index (χ1v) is 15.2. The van der Waals surface area contributed by atoms with E-state index in [9.17, 15) is 31.9 Å². The number of likely N-dealkylation sites (tertiary alicyclic amines) is 1. The van der Waals surface area contributed by atoms with Crippen molar-refractivity contribution in [1.29, 1.82) is 0 Å². The quantitative estimate of drug-likeness (QED) is 0.210. The number of ether oxygens (including phenoxy) is 1. The second-order valence-corrected chi connectivity index (χ2v) is 11.6. The Bertz CT molecular complexity index is 1770. The Labute approximate surface area is 274 Å². The fourth-order valence-corrected chi connectivity index (χ4v) is 5.84. The number of aryl methyl sites for hydroxylation is 1. The first-order chi connectivity index (χ1) is 22.9. The van der Waals surface area contributed by atoms with Crippen LogP contribution in [0.15, 0.2) is 77.3 Å². The molecule has 5 rings (SSSR count). The maximum Gasteiger partial charge on any atom is 0.416 e. The van der Waals surface area contributed by atoms with Gasteiger partial charge in [0.15, 0.2) is 0 Å². The van der Waals surface area contributed by atoms with Crippen LogP contribution in [0.3, 0.4) is 0 Å². The Balaban J connectivity index is 1.34. The van der Waals surface area contributed by atoms with Crippen molar-refractivity contribution >= 4 is 17.7 Å². The lowest BCUT2D eigenvalue weighted by atomic mass is 9.88. The van der Waals surface area contributed by atoms with Crippen LogP contribution in [0.5, 0.6) is 0 Å². The third kappa shape index (κ3) is 7.73. The van der Waals surface area contributed by atoms with E-state index in [1.807, 2.05) is 0 Å². The van der Waals surface area contributed by atoms with Crippen molar-refractivity contribution in [2.75, 3.05) is 27.2 Å². The summed E-state index contributed by atoms with van der Waals surface area (Å²) in [5.41, 5.74) is 1.45. The number of nitrogens with one attached hydrogen (secondary N) is 2. The summed E-state index contributed by atoms with van der Waals surface area (Å²) < 4.78 is 64.7. The van der Waals surface area contributed by atoms with Gasteiger partial charge in [0.05, 0.1) is 24.1 Å². The minimum atomic E-state index is -4.59. The Kier molecular flexibility index (Phi) is 10.3. The smallest absolute Gasteiger partial charge is 0.380 e. The second-order valence-electron chi connectivity index (χ2n) is 11.6. The average Bonchev–Trinajstić information content (AvgIpc) is 3.48. The number of methoxy groups -OCH3 is 1. The van der Waals surface area contributed by atoms with Gasteiger partial charge in [-0.3, -0.25) is 14.4 Å². The average molecular weight is 667 g/mol. The van der Waals surface area contributed by atoms with Crippen molar-refractivity contribution in [2.45, 2.75) is 44.0 Å². The third-order valence-electron chi connectivity index (χ3n) is 8.46. The van der Waals surface area contributed by atoms with Crippen LogP contribution < -0.4 is 10.6 Å². The summed E-state index contributed by atoms with van der Waals surface area (Å²) in [5, 5.41) is 9.20. The molecule has 2 N–H and O–H groups in total. The van der Waals surface area contributed by atoms with Gasteiger partial charge in [-0.15, -0.1) is 0 Å². The predicted octanol–water partition coefficient (Wildman–Crippen LogP) is 6.06. The van der Waals surface area contributed by atoms with E-state index in [4.69, 9.17) is 9.26 Å². The van der Waals surface area contributed by atoms with E-state index in [-0.39, 0.29) is 41.0 Å². The molecule has 1 fully saturated rings. The number of halogens is 4. The number of carbonyl (C=O) groups is 3. The van der Waals surface area contributed by atoms with Gasteiger partial charge < -0.3 is 24.8 Å². The lowest BCUT2D eigenvalue weighted by molar-refractivity contribution is -0.137. The highest BCUT2D eigenvalue weighted by Gasteiger charge is 2.35. The molecule has 0 radical (unpaired) electrons. The number of nitrogens with zero attached hydrogens (tertiary/aromatic N) is 2. The summed E-state index contributed by atoms with van der Waals surface area (Å²) in [6.07, 6.45) is -4.54. The summed E-state index contributed by atoms with van der Waals surface area (Å²) in [7, 11) is 2.97. The third-order valence-corrected chi connectivity index (χ3v) is 8.46. The van der Waals surface area contributed by atoms with E-state index in [0.29, 0.717) is 36.5 Å². The Morgan fingerprint density at radius 2 is 1.75 bits per heavy atom. The molecule has 252 valence electrons. The highest BCUT2D eigenvalue weighted by Crippen LogP contribution is 2.34. The summed E-state index contributed by atoms with van der Waals surface area (Å²) in [5.74, 6) is -1.59. The molecule has 1 aliphatic rings. The first-order valence-electron chi connectivity index (χ1n) is 15.2. The standard InChI is InChI=1S/C35H34F4N4O5/c1-20-31(32(42-48-20)22-11-13-27(36)14-12-22)34(46)43-18-25(16-28(19-43)47-3)21-7-9-23(10-8-21)33(45)41-29(17-30(44)40-2)24-5-4-6-26(15-24)35(37,38)39/h4-15,25,28-29H,16-19H2,1-3H3,(H,40,44)(H,41,45). The van der Waals surface area contributed by atoms with Gasteiger partial charge in [0.1, 0.15) is 22.8 Å². The summed E-state index contributed by atoms with van der Waals surface area (Å²) in [4.78, 5) is 41.0. The van der Waals surface area contributed by atoms with E-state index in [0.717, 1.165) is 17.7 Å². The molecular formula is C35H34F4N4O5. The minimum absolute atomic E-state index is 0.140.